The van der Waals surface area contributed by atoms with E-state index in [4.69, 9.17) is 19.5 Å². The summed E-state index contributed by atoms with van der Waals surface area (Å²) < 4.78 is 29.5. The Morgan fingerprint density at radius 2 is 1.77 bits per heavy atom. The van der Waals surface area contributed by atoms with Crippen molar-refractivity contribution in [2.45, 2.75) is 0 Å². The third-order valence-corrected chi connectivity index (χ3v) is 3.45. The molecule has 0 bridgehead atoms. The van der Waals surface area contributed by atoms with Gasteiger partial charge in [-0.1, -0.05) is 0 Å². The largest absolute Gasteiger partial charge is 0.496 e. The number of halogens is 1. The molecule has 0 atom stereocenters. The van der Waals surface area contributed by atoms with Crippen LogP contribution >= 0.6 is 0 Å². The highest BCUT2D eigenvalue weighted by molar-refractivity contribution is 5.95. The van der Waals surface area contributed by atoms with Crippen LogP contribution in [0.25, 0.3) is 0 Å². The third kappa shape index (κ3) is 4.08. The summed E-state index contributed by atoms with van der Waals surface area (Å²) in [6, 6.07) is 8.57. The predicted octanol–water partition coefficient (Wildman–Crippen LogP) is 2.49. The van der Waals surface area contributed by atoms with Crippen molar-refractivity contribution in [3.8, 4) is 23.3 Å². The van der Waals surface area contributed by atoms with Crippen LogP contribution in [0.5, 0.6) is 17.2 Å². The molecule has 0 heterocycles. The molecule has 0 aliphatic carbocycles. The van der Waals surface area contributed by atoms with Crippen LogP contribution in [0.2, 0.25) is 0 Å². The molecule has 2 aromatic rings. The van der Waals surface area contributed by atoms with E-state index in [9.17, 15) is 9.18 Å². The number of nitriles is 1. The van der Waals surface area contributed by atoms with E-state index < -0.39 is 11.7 Å². The van der Waals surface area contributed by atoms with E-state index in [1.807, 2.05) is 0 Å². The van der Waals surface area contributed by atoms with Crippen LogP contribution in [0.1, 0.15) is 21.5 Å². The number of ether oxygens (including phenoxy) is 3. The van der Waals surface area contributed by atoms with Crippen molar-refractivity contribution >= 4 is 12.1 Å². The fraction of sp³-hybridized carbons (Fsp3) is 0.167. The van der Waals surface area contributed by atoms with Crippen molar-refractivity contribution in [3.05, 3.63) is 52.8 Å². The second-order valence-electron chi connectivity index (χ2n) is 4.95. The average molecular weight is 357 g/mol. The van der Waals surface area contributed by atoms with E-state index in [1.165, 1.54) is 39.7 Å². The molecule has 0 fully saturated rings. The Bertz CT molecular complexity index is 891. The van der Waals surface area contributed by atoms with E-state index in [2.05, 4.69) is 10.5 Å². The summed E-state index contributed by atoms with van der Waals surface area (Å²) in [6.07, 6.45) is 1.33. The van der Waals surface area contributed by atoms with Gasteiger partial charge in [0.25, 0.3) is 5.91 Å². The van der Waals surface area contributed by atoms with Crippen molar-refractivity contribution in [3.63, 3.8) is 0 Å². The molecule has 0 radical (unpaired) electrons. The molecule has 2 aromatic carbocycles. The smallest absolute Gasteiger partial charge is 0.274 e. The highest BCUT2D eigenvalue weighted by atomic mass is 19.1. The normalized spacial score (nSPS) is 10.3. The van der Waals surface area contributed by atoms with Gasteiger partial charge in [-0.15, -0.1) is 0 Å². The van der Waals surface area contributed by atoms with Crippen LogP contribution in [-0.4, -0.2) is 33.5 Å². The maximum atomic E-state index is 13.8. The molecule has 0 unspecified atom stereocenters. The predicted molar refractivity (Wildman–Crippen MR) is 92.3 cm³/mol. The van der Waals surface area contributed by atoms with Crippen molar-refractivity contribution in [1.82, 2.24) is 5.43 Å². The molecule has 1 amide bonds. The summed E-state index contributed by atoms with van der Waals surface area (Å²) in [5, 5.41) is 12.5. The molecule has 0 aliphatic heterocycles. The van der Waals surface area contributed by atoms with E-state index in [-0.39, 0.29) is 11.1 Å². The van der Waals surface area contributed by atoms with Crippen LogP contribution in [0.3, 0.4) is 0 Å². The minimum atomic E-state index is -0.805. The van der Waals surface area contributed by atoms with Crippen molar-refractivity contribution in [2.24, 2.45) is 5.10 Å². The lowest BCUT2D eigenvalue weighted by Gasteiger charge is -2.11. The second kappa shape index (κ2) is 8.48. The first-order valence-electron chi connectivity index (χ1n) is 7.37. The van der Waals surface area contributed by atoms with Gasteiger partial charge in [0, 0.05) is 11.6 Å². The first-order valence-corrected chi connectivity index (χ1v) is 7.37. The van der Waals surface area contributed by atoms with Gasteiger partial charge in [-0.25, -0.2) is 9.82 Å². The standard InChI is InChI=1S/C18H16FN3O4/c1-24-15-8-17(26-3)16(25-2)7-12(15)10-21-22-18(23)13-5-4-11(9-20)6-14(13)19/h4-8,10H,1-3H3,(H,22,23)/b21-10-. The third-order valence-electron chi connectivity index (χ3n) is 3.45. The summed E-state index contributed by atoms with van der Waals surface area (Å²) in [5.41, 5.74) is 2.64. The Balaban J connectivity index is 2.20. The van der Waals surface area contributed by atoms with E-state index >= 15 is 0 Å². The van der Waals surface area contributed by atoms with Crippen molar-refractivity contribution in [2.75, 3.05) is 21.3 Å². The summed E-state index contributed by atoms with van der Waals surface area (Å²) in [5.74, 6) is -0.169. The van der Waals surface area contributed by atoms with Gasteiger partial charge in [-0.05, 0) is 24.3 Å². The number of nitrogens with zero attached hydrogens (tertiary/aromatic N) is 2. The Morgan fingerprint density at radius 1 is 1.12 bits per heavy atom. The number of nitrogens with one attached hydrogen (secondary N) is 1. The lowest BCUT2D eigenvalue weighted by Crippen LogP contribution is -2.19. The van der Waals surface area contributed by atoms with Crippen LogP contribution in [0, 0.1) is 17.1 Å². The van der Waals surface area contributed by atoms with Crippen LogP contribution in [0.15, 0.2) is 35.4 Å². The molecule has 0 saturated heterocycles. The number of rotatable bonds is 6. The van der Waals surface area contributed by atoms with Gasteiger partial charge in [0.2, 0.25) is 0 Å². The Kier molecular flexibility index (Phi) is 6.11. The second-order valence-corrected chi connectivity index (χ2v) is 4.95. The molecule has 2 rings (SSSR count). The van der Waals surface area contributed by atoms with Gasteiger partial charge < -0.3 is 14.2 Å². The maximum Gasteiger partial charge on any atom is 0.274 e. The number of hydrogen-bond acceptors (Lipinski definition) is 6. The number of hydrazone groups is 1. The maximum absolute atomic E-state index is 13.8. The highest BCUT2D eigenvalue weighted by Gasteiger charge is 2.13. The summed E-state index contributed by atoms with van der Waals surface area (Å²) in [7, 11) is 4.46. The molecule has 0 aromatic heterocycles. The quantitative estimate of drug-likeness (QED) is 0.633. The zero-order chi connectivity index (χ0) is 19.1. The summed E-state index contributed by atoms with van der Waals surface area (Å²) >= 11 is 0. The first kappa shape index (κ1) is 18.7. The van der Waals surface area contributed by atoms with Crippen molar-refractivity contribution in [1.29, 1.82) is 5.26 Å². The molecule has 0 spiro atoms. The molecule has 0 saturated carbocycles. The topological polar surface area (TPSA) is 92.9 Å². The first-order chi connectivity index (χ1) is 12.5. The molecule has 7 nitrogen and oxygen atoms in total. The van der Waals surface area contributed by atoms with Gasteiger partial charge in [0.1, 0.15) is 11.6 Å². The number of benzene rings is 2. The fourth-order valence-electron chi connectivity index (χ4n) is 2.14. The fourth-order valence-corrected chi connectivity index (χ4v) is 2.14. The van der Waals surface area contributed by atoms with Crippen LogP contribution < -0.4 is 19.6 Å². The van der Waals surface area contributed by atoms with Crippen molar-refractivity contribution < 1.29 is 23.4 Å². The monoisotopic (exact) mass is 357 g/mol. The molecule has 134 valence electrons. The summed E-state index contributed by atoms with van der Waals surface area (Å²) in [4.78, 5) is 12.0. The zero-order valence-corrected chi connectivity index (χ0v) is 14.4. The van der Waals surface area contributed by atoms with E-state index in [1.54, 1.807) is 18.2 Å². The number of carbonyl (C=O) groups excluding carboxylic acids is 1. The van der Waals surface area contributed by atoms with Crippen LogP contribution in [-0.2, 0) is 0 Å². The Hall–Kier alpha value is -3.60. The molecular formula is C18H16FN3O4. The van der Waals surface area contributed by atoms with Gasteiger partial charge in [0.05, 0.1) is 44.7 Å². The van der Waals surface area contributed by atoms with Gasteiger partial charge >= 0.3 is 0 Å². The lowest BCUT2D eigenvalue weighted by molar-refractivity contribution is 0.0951. The van der Waals surface area contributed by atoms with E-state index in [0.29, 0.717) is 22.8 Å². The number of hydrogen-bond donors (Lipinski definition) is 1. The molecule has 1 N–H and O–H groups in total. The highest BCUT2D eigenvalue weighted by Crippen LogP contribution is 2.33. The summed E-state index contributed by atoms with van der Waals surface area (Å²) in [6.45, 7) is 0. The number of amides is 1. The lowest BCUT2D eigenvalue weighted by atomic mass is 10.1. The molecule has 0 aliphatic rings. The van der Waals surface area contributed by atoms with Gasteiger partial charge in [-0.2, -0.15) is 10.4 Å². The minimum absolute atomic E-state index is 0.123. The zero-order valence-electron chi connectivity index (χ0n) is 14.4. The molecular weight excluding hydrogens is 341 g/mol. The molecule has 26 heavy (non-hydrogen) atoms. The average Bonchev–Trinajstić information content (AvgIpc) is 2.66. The molecule has 8 heteroatoms. The van der Waals surface area contributed by atoms with E-state index in [0.717, 1.165) is 6.07 Å². The SMILES string of the molecule is COc1cc(OC)c(OC)cc1/C=N\NC(=O)c1ccc(C#N)cc1F. The van der Waals surface area contributed by atoms with Gasteiger partial charge in [0.15, 0.2) is 11.5 Å². The number of methoxy groups -OCH3 is 3. The Morgan fingerprint density at radius 3 is 2.35 bits per heavy atom. The van der Waals surface area contributed by atoms with Crippen LogP contribution in [0.4, 0.5) is 4.39 Å². The number of carbonyl (C=O) groups is 1. The van der Waals surface area contributed by atoms with Gasteiger partial charge in [-0.3, -0.25) is 4.79 Å². The minimum Gasteiger partial charge on any atom is -0.496 e. The Labute approximate surface area is 149 Å².